The van der Waals surface area contributed by atoms with Gasteiger partial charge in [0, 0.05) is 35.1 Å². The van der Waals surface area contributed by atoms with Crippen LogP contribution in [-0.4, -0.2) is 26.5 Å². The molecule has 0 unspecified atom stereocenters. The zero-order valence-corrected chi connectivity index (χ0v) is 14.7. The van der Waals surface area contributed by atoms with Crippen LogP contribution in [0.3, 0.4) is 0 Å². The van der Waals surface area contributed by atoms with E-state index in [9.17, 15) is 0 Å². The Morgan fingerprint density at radius 1 is 0.852 bits per heavy atom. The SMILES string of the molecule is COc1ccc(-c2cnc3c(-c4ccnc5ccccc45)ncn3c2)cc1. The molecule has 5 heteroatoms. The molecule has 0 N–H and O–H groups in total. The first kappa shape index (κ1) is 15.5. The summed E-state index contributed by atoms with van der Waals surface area (Å²) >= 11 is 0. The fourth-order valence-electron chi connectivity index (χ4n) is 3.32. The molecule has 2 aromatic carbocycles. The molecule has 0 amide bonds. The van der Waals surface area contributed by atoms with E-state index in [1.54, 1.807) is 13.4 Å². The molecule has 5 rings (SSSR count). The van der Waals surface area contributed by atoms with Gasteiger partial charge in [-0.05, 0) is 29.8 Å². The first-order valence-electron chi connectivity index (χ1n) is 8.65. The summed E-state index contributed by atoms with van der Waals surface area (Å²) in [4.78, 5) is 13.8. The minimum atomic E-state index is 0.823. The number of fused-ring (bicyclic) bond motifs is 2. The molecular formula is C22H16N4O. The highest BCUT2D eigenvalue weighted by Gasteiger charge is 2.12. The van der Waals surface area contributed by atoms with Crippen molar-refractivity contribution in [3.8, 4) is 28.1 Å². The third-order valence-electron chi connectivity index (χ3n) is 4.70. The van der Waals surface area contributed by atoms with Crippen LogP contribution in [0.4, 0.5) is 0 Å². The molecule has 5 nitrogen and oxygen atoms in total. The lowest BCUT2D eigenvalue weighted by molar-refractivity contribution is 0.415. The Morgan fingerprint density at radius 2 is 1.70 bits per heavy atom. The summed E-state index contributed by atoms with van der Waals surface area (Å²) in [7, 11) is 1.67. The minimum Gasteiger partial charge on any atom is -0.497 e. The Labute approximate surface area is 155 Å². The molecule has 3 heterocycles. The molecule has 0 aliphatic carbocycles. The van der Waals surface area contributed by atoms with Gasteiger partial charge >= 0.3 is 0 Å². The standard InChI is InChI=1S/C22H16N4O/c1-27-17-8-6-15(7-9-17)16-12-24-22-21(25-14-26(22)13-16)19-10-11-23-20-5-3-2-4-18(19)20/h2-14H,1H3. The average molecular weight is 352 g/mol. The summed E-state index contributed by atoms with van der Waals surface area (Å²) in [5.41, 5.74) is 5.76. The largest absolute Gasteiger partial charge is 0.497 e. The third-order valence-corrected chi connectivity index (χ3v) is 4.70. The van der Waals surface area contributed by atoms with Gasteiger partial charge in [-0.2, -0.15) is 0 Å². The lowest BCUT2D eigenvalue weighted by Gasteiger charge is -2.06. The predicted molar refractivity (Wildman–Crippen MR) is 106 cm³/mol. The lowest BCUT2D eigenvalue weighted by atomic mass is 10.1. The molecule has 5 aromatic rings. The molecular weight excluding hydrogens is 336 g/mol. The molecule has 0 fully saturated rings. The van der Waals surface area contributed by atoms with Crippen LogP contribution in [0.15, 0.2) is 79.5 Å². The molecule has 0 bridgehead atoms. The number of aromatic nitrogens is 4. The van der Waals surface area contributed by atoms with Crippen molar-refractivity contribution in [2.75, 3.05) is 7.11 Å². The van der Waals surface area contributed by atoms with Crippen molar-refractivity contribution >= 4 is 16.6 Å². The van der Waals surface area contributed by atoms with Crippen LogP contribution in [0.2, 0.25) is 0 Å². The molecule has 0 radical (unpaired) electrons. The summed E-state index contributed by atoms with van der Waals surface area (Å²) in [5, 5.41) is 1.07. The lowest BCUT2D eigenvalue weighted by Crippen LogP contribution is -1.91. The van der Waals surface area contributed by atoms with Gasteiger partial charge in [0.25, 0.3) is 0 Å². The fraction of sp³-hybridized carbons (Fsp3) is 0.0455. The van der Waals surface area contributed by atoms with E-state index < -0.39 is 0 Å². The number of ether oxygens (including phenoxy) is 1. The number of hydrogen-bond donors (Lipinski definition) is 0. The Hall–Kier alpha value is -3.73. The van der Waals surface area contributed by atoms with Crippen molar-refractivity contribution in [3.05, 3.63) is 79.5 Å². The monoisotopic (exact) mass is 352 g/mol. The number of imidazole rings is 1. The van der Waals surface area contributed by atoms with Gasteiger partial charge in [0.15, 0.2) is 5.65 Å². The molecule has 0 aliphatic heterocycles. The minimum absolute atomic E-state index is 0.823. The van der Waals surface area contributed by atoms with Crippen molar-refractivity contribution in [3.63, 3.8) is 0 Å². The number of pyridine rings is 1. The molecule has 0 spiro atoms. The van der Waals surface area contributed by atoms with E-state index >= 15 is 0 Å². The van der Waals surface area contributed by atoms with Gasteiger partial charge in [0.05, 0.1) is 12.6 Å². The molecule has 0 saturated heterocycles. The average Bonchev–Trinajstić information content (AvgIpc) is 3.16. The Balaban J connectivity index is 1.63. The van der Waals surface area contributed by atoms with Gasteiger partial charge in [-0.25, -0.2) is 9.97 Å². The van der Waals surface area contributed by atoms with Crippen LogP contribution in [0.5, 0.6) is 5.75 Å². The number of methoxy groups -OCH3 is 1. The summed E-state index contributed by atoms with van der Waals surface area (Å²) in [6.45, 7) is 0. The van der Waals surface area contributed by atoms with E-state index in [2.05, 4.69) is 16.0 Å². The van der Waals surface area contributed by atoms with Crippen LogP contribution < -0.4 is 4.74 Å². The smallest absolute Gasteiger partial charge is 0.164 e. The molecule has 3 aromatic heterocycles. The second kappa shape index (κ2) is 6.21. The maximum Gasteiger partial charge on any atom is 0.164 e. The quantitative estimate of drug-likeness (QED) is 0.475. The Kier molecular flexibility index (Phi) is 3.57. The molecule has 27 heavy (non-hydrogen) atoms. The third kappa shape index (κ3) is 2.60. The van der Waals surface area contributed by atoms with Crippen LogP contribution in [-0.2, 0) is 0 Å². The van der Waals surface area contributed by atoms with Crippen LogP contribution in [0.25, 0.3) is 38.9 Å². The first-order chi connectivity index (χ1) is 13.3. The van der Waals surface area contributed by atoms with Gasteiger partial charge in [0.2, 0.25) is 0 Å². The fourth-order valence-corrected chi connectivity index (χ4v) is 3.32. The van der Waals surface area contributed by atoms with Crippen molar-refractivity contribution in [2.24, 2.45) is 0 Å². The van der Waals surface area contributed by atoms with Gasteiger partial charge < -0.3 is 4.74 Å². The summed E-state index contributed by atoms with van der Waals surface area (Å²) < 4.78 is 7.19. The van der Waals surface area contributed by atoms with E-state index in [-0.39, 0.29) is 0 Å². The van der Waals surface area contributed by atoms with Crippen LogP contribution in [0.1, 0.15) is 0 Å². The van der Waals surface area contributed by atoms with Gasteiger partial charge in [-0.1, -0.05) is 30.3 Å². The Bertz CT molecular complexity index is 1250. The van der Waals surface area contributed by atoms with Gasteiger partial charge in [-0.15, -0.1) is 0 Å². The normalized spacial score (nSPS) is 11.1. The number of hydrogen-bond acceptors (Lipinski definition) is 4. The van der Waals surface area contributed by atoms with E-state index in [0.29, 0.717) is 0 Å². The highest BCUT2D eigenvalue weighted by atomic mass is 16.5. The molecule has 130 valence electrons. The highest BCUT2D eigenvalue weighted by Crippen LogP contribution is 2.30. The van der Waals surface area contributed by atoms with E-state index in [1.165, 1.54) is 0 Å². The van der Waals surface area contributed by atoms with E-state index in [4.69, 9.17) is 9.72 Å². The number of nitrogens with zero attached hydrogens (tertiary/aromatic N) is 4. The highest BCUT2D eigenvalue weighted by molar-refractivity contribution is 5.96. The van der Waals surface area contributed by atoms with Crippen LogP contribution in [0, 0.1) is 0 Å². The molecule has 0 atom stereocenters. The maximum absolute atomic E-state index is 5.23. The van der Waals surface area contributed by atoms with Crippen molar-refractivity contribution in [1.29, 1.82) is 0 Å². The maximum atomic E-state index is 5.23. The second-order valence-corrected chi connectivity index (χ2v) is 6.27. The summed E-state index contributed by atoms with van der Waals surface area (Å²) in [5.74, 6) is 0.835. The number of benzene rings is 2. The topological polar surface area (TPSA) is 52.3 Å². The first-order valence-corrected chi connectivity index (χ1v) is 8.65. The molecule has 0 aliphatic rings. The summed E-state index contributed by atoms with van der Waals surface area (Å²) in [6, 6.07) is 18.0. The van der Waals surface area contributed by atoms with Gasteiger partial charge in [0.1, 0.15) is 17.8 Å². The number of para-hydroxylation sites is 1. The van der Waals surface area contributed by atoms with Gasteiger partial charge in [-0.3, -0.25) is 9.38 Å². The zero-order valence-electron chi connectivity index (χ0n) is 14.7. The van der Waals surface area contributed by atoms with Crippen molar-refractivity contribution in [2.45, 2.75) is 0 Å². The van der Waals surface area contributed by atoms with Crippen LogP contribution >= 0.6 is 0 Å². The summed E-state index contributed by atoms with van der Waals surface area (Å²) in [6.07, 6.45) is 7.55. The number of rotatable bonds is 3. The van der Waals surface area contributed by atoms with Crippen molar-refractivity contribution < 1.29 is 4.74 Å². The second-order valence-electron chi connectivity index (χ2n) is 6.27. The van der Waals surface area contributed by atoms with E-state index in [0.717, 1.165) is 44.7 Å². The zero-order chi connectivity index (χ0) is 18.2. The van der Waals surface area contributed by atoms with Crippen molar-refractivity contribution in [1.82, 2.24) is 19.4 Å². The molecule has 0 saturated carbocycles. The predicted octanol–water partition coefficient (Wildman–Crippen LogP) is 4.62. The van der Waals surface area contributed by atoms with E-state index in [1.807, 2.05) is 71.5 Å². The Morgan fingerprint density at radius 3 is 2.56 bits per heavy atom.